The van der Waals surface area contributed by atoms with Gasteiger partial charge in [-0.05, 0) is 80.8 Å². The first-order chi connectivity index (χ1) is 21.9. The number of aromatic nitrogens is 2. The Hall–Kier alpha value is -3.71. The number of amides is 1. The number of anilines is 4. The van der Waals surface area contributed by atoms with Crippen LogP contribution in [0, 0.1) is 0 Å². The van der Waals surface area contributed by atoms with Gasteiger partial charge in [0.15, 0.2) is 0 Å². The molecule has 1 heterocycles. The SMILES string of the molecule is CCOP(=O)(Cc1ccc(Nc2ncc(C(F)(F)F)c(Nc3ccc(C4CCC(O)CC4)cc3C(=O)NC)n2)c(OC)c1)OCC. The van der Waals surface area contributed by atoms with Crippen LogP contribution in [0.1, 0.15) is 72.5 Å². The van der Waals surface area contributed by atoms with Crippen LogP contribution in [0.15, 0.2) is 42.6 Å². The largest absolute Gasteiger partial charge is 0.495 e. The van der Waals surface area contributed by atoms with E-state index in [0.717, 1.165) is 18.4 Å². The van der Waals surface area contributed by atoms with Gasteiger partial charge in [-0.1, -0.05) is 12.1 Å². The lowest BCUT2D eigenvalue weighted by atomic mass is 9.82. The summed E-state index contributed by atoms with van der Waals surface area (Å²) in [5.41, 5.74) is 0.957. The number of hydrogen-bond donors (Lipinski definition) is 4. The van der Waals surface area contributed by atoms with Gasteiger partial charge in [0.1, 0.15) is 17.1 Å². The highest BCUT2D eigenvalue weighted by atomic mass is 31.2. The van der Waals surface area contributed by atoms with Crippen molar-refractivity contribution in [1.82, 2.24) is 15.3 Å². The molecule has 0 spiro atoms. The lowest BCUT2D eigenvalue weighted by molar-refractivity contribution is -0.137. The van der Waals surface area contributed by atoms with Crippen molar-refractivity contribution >= 4 is 36.6 Å². The molecule has 15 heteroatoms. The van der Waals surface area contributed by atoms with E-state index in [2.05, 4.69) is 25.9 Å². The Morgan fingerprint density at radius 2 is 1.70 bits per heavy atom. The van der Waals surface area contributed by atoms with Crippen LogP contribution in [0.25, 0.3) is 0 Å². The molecule has 46 heavy (non-hydrogen) atoms. The molecule has 0 atom stereocenters. The maximum absolute atomic E-state index is 14.1. The molecule has 0 unspecified atom stereocenters. The number of carbonyl (C=O) groups is 1. The lowest BCUT2D eigenvalue weighted by Crippen LogP contribution is -2.21. The molecule has 1 aliphatic carbocycles. The van der Waals surface area contributed by atoms with Crippen LogP contribution in [0.4, 0.5) is 36.3 Å². The van der Waals surface area contributed by atoms with Crippen LogP contribution < -0.4 is 20.7 Å². The van der Waals surface area contributed by atoms with E-state index in [9.17, 15) is 27.6 Å². The zero-order valence-corrected chi connectivity index (χ0v) is 27.0. The fourth-order valence-corrected chi connectivity index (χ4v) is 7.02. The van der Waals surface area contributed by atoms with E-state index in [1.54, 1.807) is 50.2 Å². The van der Waals surface area contributed by atoms with Gasteiger partial charge in [0.05, 0.1) is 49.5 Å². The Labute approximate surface area is 265 Å². The van der Waals surface area contributed by atoms with Gasteiger partial charge in [0.25, 0.3) is 5.91 Å². The van der Waals surface area contributed by atoms with Crippen molar-refractivity contribution in [2.45, 2.75) is 63.9 Å². The zero-order valence-electron chi connectivity index (χ0n) is 26.1. The molecule has 0 radical (unpaired) electrons. The summed E-state index contributed by atoms with van der Waals surface area (Å²) in [5.74, 6) is -0.802. The number of halogens is 3. The highest BCUT2D eigenvalue weighted by molar-refractivity contribution is 7.53. The second-order valence-corrected chi connectivity index (χ2v) is 12.8. The summed E-state index contributed by atoms with van der Waals surface area (Å²) >= 11 is 0. The number of benzene rings is 2. The average molecular weight is 666 g/mol. The molecule has 0 bridgehead atoms. The van der Waals surface area contributed by atoms with Crippen molar-refractivity contribution in [2.24, 2.45) is 0 Å². The van der Waals surface area contributed by atoms with Gasteiger partial charge in [0, 0.05) is 13.2 Å². The first kappa shape index (κ1) is 35.1. The van der Waals surface area contributed by atoms with Gasteiger partial charge >= 0.3 is 13.8 Å². The van der Waals surface area contributed by atoms with Gasteiger partial charge in [0.2, 0.25) is 5.95 Å². The number of nitrogens with one attached hydrogen (secondary N) is 3. The third-order valence-electron chi connectivity index (χ3n) is 7.57. The van der Waals surface area contributed by atoms with E-state index in [1.165, 1.54) is 14.2 Å². The lowest BCUT2D eigenvalue weighted by Gasteiger charge is -2.26. The van der Waals surface area contributed by atoms with E-state index in [4.69, 9.17) is 13.8 Å². The third kappa shape index (κ3) is 8.75. The summed E-state index contributed by atoms with van der Waals surface area (Å²) in [7, 11) is -0.546. The van der Waals surface area contributed by atoms with Crippen molar-refractivity contribution in [3.63, 3.8) is 0 Å². The average Bonchev–Trinajstić information content (AvgIpc) is 3.01. The first-order valence-electron chi connectivity index (χ1n) is 15.0. The number of hydrogen-bond acceptors (Lipinski definition) is 10. The quantitative estimate of drug-likeness (QED) is 0.139. The summed E-state index contributed by atoms with van der Waals surface area (Å²) in [5, 5.41) is 18.0. The van der Waals surface area contributed by atoms with E-state index in [0.29, 0.717) is 36.0 Å². The third-order valence-corrected chi connectivity index (χ3v) is 9.63. The fourth-order valence-electron chi connectivity index (χ4n) is 5.33. The molecule has 250 valence electrons. The number of methoxy groups -OCH3 is 1. The van der Waals surface area contributed by atoms with Crippen LogP contribution in [0.5, 0.6) is 5.75 Å². The van der Waals surface area contributed by atoms with Crippen molar-refractivity contribution in [3.8, 4) is 5.75 Å². The minimum Gasteiger partial charge on any atom is -0.495 e. The van der Waals surface area contributed by atoms with Gasteiger partial charge in [-0.2, -0.15) is 18.2 Å². The second-order valence-electron chi connectivity index (χ2n) is 10.7. The van der Waals surface area contributed by atoms with Crippen molar-refractivity contribution in [1.29, 1.82) is 0 Å². The smallest absolute Gasteiger partial charge is 0.421 e. The Kier molecular flexibility index (Phi) is 11.7. The molecule has 3 aromatic rings. The predicted molar refractivity (Wildman–Crippen MR) is 168 cm³/mol. The Morgan fingerprint density at radius 3 is 2.30 bits per heavy atom. The van der Waals surface area contributed by atoms with Crippen molar-refractivity contribution < 1.29 is 41.4 Å². The molecule has 4 N–H and O–H groups in total. The van der Waals surface area contributed by atoms with Gasteiger partial charge < -0.3 is 34.8 Å². The Bertz CT molecular complexity index is 1560. The summed E-state index contributed by atoms with van der Waals surface area (Å²) in [4.78, 5) is 20.9. The van der Waals surface area contributed by atoms with Crippen LogP contribution >= 0.6 is 7.60 Å². The van der Waals surface area contributed by atoms with Crippen molar-refractivity contribution in [2.75, 3.05) is 38.0 Å². The standard InChI is InChI=1S/C31H39F3N5O6P/c1-5-44-46(42,45-6-2)18-19-7-13-26(27(15-19)43-4)38-30-36-17-24(31(32,33)34)28(39-30)37-25-14-10-21(16-23(25)29(41)35-3)20-8-11-22(40)12-9-20/h7,10,13-17,20,22,40H,5-6,8-9,11-12,18H2,1-4H3,(H,35,41)(H2,36,37,38,39). The normalized spacial score (nSPS) is 17.0. The number of aliphatic hydroxyl groups excluding tert-OH is 1. The molecule has 0 saturated heterocycles. The predicted octanol–water partition coefficient (Wildman–Crippen LogP) is 7.14. The minimum atomic E-state index is -4.80. The monoisotopic (exact) mass is 665 g/mol. The molecule has 1 saturated carbocycles. The summed E-state index contributed by atoms with van der Waals surface area (Å²) in [6.07, 6.45) is -1.75. The molecule has 2 aromatic carbocycles. The highest BCUT2D eigenvalue weighted by Gasteiger charge is 2.36. The molecular weight excluding hydrogens is 626 g/mol. The summed E-state index contributed by atoms with van der Waals surface area (Å²) in [6, 6.07) is 9.86. The van der Waals surface area contributed by atoms with E-state index < -0.39 is 31.1 Å². The molecule has 1 fully saturated rings. The topological polar surface area (TPSA) is 144 Å². The highest BCUT2D eigenvalue weighted by Crippen LogP contribution is 2.51. The number of aliphatic hydroxyl groups is 1. The molecule has 0 aliphatic heterocycles. The number of rotatable bonds is 13. The van der Waals surface area contributed by atoms with Crippen LogP contribution in [-0.2, 0) is 26.0 Å². The van der Waals surface area contributed by atoms with Gasteiger partial charge in [-0.15, -0.1) is 0 Å². The zero-order chi connectivity index (χ0) is 33.5. The fraction of sp³-hybridized carbons (Fsp3) is 0.452. The van der Waals surface area contributed by atoms with Crippen LogP contribution in [0.2, 0.25) is 0 Å². The molecule has 4 rings (SSSR count). The Balaban J connectivity index is 1.65. The maximum Gasteiger partial charge on any atom is 0.421 e. The number of nitrogens with zero attached hydrogens (tertiary/aromatic N) is 2. The molecule has 1 aromatic heterocycles. The van der Waals surface area contributed by atoms with E-state index in [-0.39, 0.29) is 48.6 Å². The number of ether oxygens (including phenoxy) is 1. The molecule has 11 nitrogen and oxygen atoms in total. The van der Waals surface area contributed by atoms with E-state index >= 15 is 0 Å². The Morgan fingerprint density at radius 1 is 1.02 bits per heavy atom. The van der Waals surface area contributed by atoms with Gasteiger partial charge in [-0.25, -0.2) is 4.98 Å². The molecular formula is C31H39F3N5O6P. The number of carbonyl (C=O) groups excluding carboxylic acids is 1. The molecule has 1 aliphatic rings. The summed E-state index contributed by atoms with van der Waals surface area (Å²) < 4.78 is 71.4. The second kappa shape index (κ2) is 15.3. The minimum absolute atomic E-state index is 0.00860. The van der Waals surface area contributed by atoms with E-state index in [1.807, 2.05) is 0 Å². The van der Waals surface area contributed by atoms with Crippen LogP contribution in [-0.4, -0.2) is 54.5 Å². The number of alkyl halides is 3. The summed E-state index contributed by atoms with van der Waals surface area (Å²) in [6.45, 7) is 3.84. The molecule has 1 amide bonds. The van der Waals surface area contributed by atoms with Crippen molar-refractivity contribution in [3.05, 3.63) is 64.8 Å². The maximum atomic E-state index is 14.1. The van der Waals surface area contributed by atoms with Gasteiger partial charge in [-0.3, -0.25) is 9.36 Å². The first-order valence-corrected chi connectivity index (χ1v) is 16.7. The van der Waals surface area contributed by atoms with Crippen LogP contribution in [0.3, 0.4) is 0 Å².